The van der Waals surface area contributed by atoms with E-state index in [-0.39, 0.29) is 11.8 Å². The van der Waals surface area contributed by atoms with Gasteiger partial charge in [-0.1, -0.05) is 25.1 Å². The number of hydrogen-bond donors (Lipinski definition) is 0. The number of likely N-dealkylation sites (tertiary alicyclic amines) is 1. The van der Waals surface area contributed by atoms with Crippen molar-refractivity contribution in [2.24, 2.45) is 0 Å². The van der Waals surface area contributed by atoms with E-state index in [9.17, 15) is 9.59 Å². The predicted molar refractivity (Wildman–Crippen MR) is 67.3 cm³/mol. The van der Waals surface area contributed by atoms with Gasteiger partial charge in [0.05, 0.1) is 6.54 Å². The van der Waals surface area contributed by atoms with Gasteiger partial charge in [0.1, 0.15) is 12.4 Å². The van der Waals surface area contributed by atoms with Crippen LogP contribution in [0.3, 0.4) is 0 Å². The first-order valence-corrected chi connectivity index (χ1v) is 6.26. The van der Waals surface area contributed by atoms with E-state index < -0.39 is 0 Å². The molecule has 0 unspecified atom stereocenters. The summed E-state index contributed by atoms with van der Waals surface area (Å²) >= 11 is 0. The van der Waals surface area contributed by atoms with Gasteiger partial charge in [0.15, 0.2) is 0 Å². The van der Waals surface area contributed by atoms with E-state index in [0.29, 0.717) is 26.0 Å². The lowest BCUT2D eigenvalue weighted by molar-refractivity contribution is -0.138. The lowest BCUT2D eigenvalue weighted by Crippen LogP contribution is -2.33. The van der Waals surface area contributed by atoms with Crippen LogP contribution in [0, 0.1) is 0 Å². The summed E-state index contributed by atoms with van der Waals surface area (Å²) in [5.74, 6) is 0.652. The van der Waals surface area contributed by atoms with E-state index in [1.165, 1.54) is 4.90 Å². The highest BCUT2D eigenvalue weighted by Crippen LogP contribution is 2.18. The highest BCUT2D eigenvalue weighted by Gasteiger charge is 2.28. The molecule has 0 aliphatic carbocycles. The summed E-state index contributed by atoms with van der Waals surface area (Å²) in [6.45, 7) is 2.76. The van der Waals surface area contributed by atoms with E-state index >= 15 is 0 Å². The van der Waals surface area contributed by atoms with Crippen LogP contribution in [0.5, 0.6) is 5.75 Å². The molecule has 2 amide bonds. The molecule has 96 valence electrons. The van der Waals surface area contributed by atoms with Crippen LogP contribution >= 0.6 is 0 Å². The standard InChI is InChI=1S/C14H17NO3/c1-2-11-5-3-4-6-12(11)18-10-9-15-13(16)7-8-14(15)17/h3-6H,2,7-10H2,1H3. The number of carbonyl (C=O) groups is 2. The molecule has 0 saturated carbocycles. The van der Waals surface area contributed by atoms with Gasteiger partial charge in [-0.05, 0) is 18.1 Å². The van der Waals surface area contributed by atoms with Gasteiger partial charge < -0.3 is 4.74 Å². The molecule has 1 heterocycles. The van der Waals surface area contributed by atoms with Crippen molar-refractivity contribution in [1.82, 2.24) is 4.90 Å². The highest BCUT2D eigenvalue weighted by molar-refractivity contribution is 6.01. The molecular weight excluding hydrogens is 230 g/mol. The Labute approximate surface area is 107 Å². The third-order valence-electron chi connectivity index (χ3n) is 3.08. The van der Waals surface area contributed by atoms with Gasteiger partial charge in [-0.15, -0.1) is 0 Å². The Morgan fingerprint density at radius 3 is 2.50 bits per heavy atom. The van der Waals surface area contributed by atoms with E-state index in [0.717, 1.165) is 17.7 Å². The molecule has 0 aromatic heterocycles. The summed E-state index contributed by atoms with van der Waals surface area (Å²) in [7, 11) is 0. The molecule has 1 aliphatic heterocycles. The highest BCUT2D eigenvalue weighted by atomic mass is 16.5. The summed E-state index contributed by atoms with van der Waals surface area (Å²) in [5.41, 5.74) is 1.14. The van der Waals surface area contributed by atoms with Crippen LogP contribution in [-0.2, 0) is 16.0 Å². The maximum Gasteiger partial charge on any atom is 0.229 e. The minimum Gasteiger partial charge on any atom is -0.491 e. The number of amides is 2. The molecule has 1 saturated heterocycles. The lowest BCUT2D eigenvalue weighted by Gasteiger charge is -2.15. The molecule has 0 spiro atoms. The van der Waals surface area contributed by atoms with Crippen LogP contribution in [0.1, 0.15) is 25.3 Å². The van der Waals surface area contributed by atoms with E-state index in [1.54, 1.807) is 0 Å². The number of benzene rings is 1. The summed E-state index contributed by atoms with van der Waals surface area (Å²) < 4.78 is 5.64. The van der Waals surface area contributed by atoms with Crippen LogP contribution < -0.4 is 4.74 Å². The molecule has 1 aromatic rings. The Morgan fingerprint density at radius 1 is 1.17 bits per heavy atom. The molecule has 0 N–H and O–H groups in total. The predicted octanol–water partition coefficient (Wildman–Crippen LogP) is 1.78. The number of hydrogen-bond acceptors (Lipinski definition) is 3. The van der Waals surface area contributed by atoms with Crippen LogP contribution in [0.2, 0.25) is 0 Å². The Bertz CT molecular complexity index is 440. The summed E-state index contributed by atoms with van der Waals surface area (Å²) in [5, 5.41) is 0. The topological polar surface area (TPSA) is 46.6 Å². The number of aryl methyl sites for hydroxylation is 1. The van der Waals surface area contributed by atoms with E-state index in [4.69, 9.17) is 4.74 Å². The van der Waals surface area contributed by atoms with Crippen molar-refractivity contribution in [3.63, 3.8) is 0 Å². The minimum absolute atomic E-state index is 0.0904. The fourth-order valence-electron chi connectivity index (χ4n) is 2.06. The van der Waals surface area contributed by atoms with Crippen molar-refractivity contribution in [3.8, 4) is 5.75 Å². The molecule has 1 aliphatic rings. The molecule has 18 heavy (non-hydrogen) atoms. The van der Waals surface area contributed by atoms with E-state index in [1.807, 2.05) is 24.3 Å². The maximum atomic E-state index is 11.4. The van der Waals surface area contributed by atoms with Crippen LogP contribution in [0.15, 0.2) is 24.3 Å². The second-order valence-electron chi connectivity index (χ2n) is 4.25. The van der Waals surface area contributed by atoms with Gasteiger partial charge in [-0.25, -0.2) is 0 Å². The van der Waals surface area contributed by atoms with Gasteiger partial charge >= 0.3 is 0 Å². The Hall–Kier alpha value is -1.84. The van der Waals surface area contributed by atoms with Crippen molar-refractivity contribution in [1.29, 1.82) is 0 Å². The zero-order valence-electron chi connectivity index (χ0n) is 10.5. The first-order chi connectivity index (χ1) is 8.72. The maximum absolute atomic E-state index is 11.4. The average Bonchev–Trinajstić information content (AvgIpc) is 2.71. The van der Waals surface area contributed by atoms with Gasteiger partial charge in [-0.2, -0.15) is 0 Å². The van der Waals surface area contributed by atoms with Crippen LogP contribution in [-0.4, -0.2) is 29.9 Å². The Kier molecular flexibility index (Phi) is 3.97. The van der Waals surface area contributed by atoms with Gasteiger partial charge in [-0.3, -0.25) is 14.5 Å². The number of rotatable bonds is 5. The van der Waals surface area contributed by atoms with Gasteiger partial charge in [0.2, 0.25) is 11.8 Å². The SMILES string of the molecule is CCc1ccccc1OCCN1C(=O)CCC1=O. The third-order valence-corrected chi connectivity index (χ3v) is 3.08. The molecular formula is C14H17NO3. The monoisotopic (exact) mass is 247 g/mol. The fourth-order valence-corrected chi connectivity index (χ4v) is 2.06. The van der Waals surface area contributed by atoms with Crippen molar-refractivity contribution in [3.05, 3.63) is 29.8 Å². The second kappa shape index (κ2) is 5.67. The molecule has 0 atom stereocenters. The number of ether oxygens (including phenoxy) is 1. The number of para-hydroxylation sites is 1. The average molecular weight is 247 g/mol. The molecule has 1 fully saturated rings. The summed E-state index contributed by atoms with van der Waals surface area (Å²) in [4.78, 5) is 24.1. The van der Waals surface area contributed by atoms with Crippen LogP contribution in [0.25, 0.3) is 0 Å². The zero-order chi connectivity index (χ0) is 13.0. The third kappa shape index (κ3) is 2.70. The summed E-state index contributed by atoms with van der Waals surface area (Å²) in [6.07, 6.45) is 1.58. The second-order valence-corrected chi connectivity index (χ2v) is 4.25. The normalized spacial score (nSPS) is 15.3. The smallest absolute Gasteiger partial charge is 0.229 e. The molecule has 0 bridgehead atoms. The molecule has 0 radical (unpaired) electrons. The quantitative estimate of drug-likeness (QED) is 0.745. The molecule has 4 nitrogen and oxygen atoms in total. The number of imide groups is 1. The largest absolute Gasteiger partial charge is 0.491 e. The van der Waals surface area contributed by atoms with Crippen LogP contribution in [0.4, 0.5) is 0 Å². The molecule has 4 heteroatoms. The van der Waals surface area contributed by atoms with E-state index in [2.05, 4.69) is 6.92 Å². The lowest BCUT2D eigenvalue weighted by atomic mass is 10.1. The van der Waals surface area contributed by atoms with Crippen molar-refractivity contribution >= 4 is 11.8 Å². The van der Waals surface area contributed by atoms with Gasteiger partial charge in [0.25, 0.3) is 0 Å². The number of carbonyl (C=O) groups excluding carboxylic acids is 2. The van der Waals surface area contributed by atoms with Crippen molar-refractivity contribution in [2.45, 2.75) is 26.2 Å². The van der Waals surface area contributed by atoms with Crippen molar-refractivity contribution < 1.29 is 14.3 Å². The summed E-state index contributed by atoms with van der Waals surface area (Å²) in [6, 6.07) is 7.81. The number of nitrogens with zero attached hydrogens (tertiary/aromatic N) is 1. The molecule has 2 rings (SSSR count). The minimum atomic E-state index is -0.0904. The Balaban J connectivity index is 1.88. The molecule has 1 aromatic carbocycles. The first-order valence-electron chi connectivity index (χ1n) is 6.26. The fraction of sp³-hybridized carbons (Fsp3) is 0.429. The zero-order valence-corrected chi connectivity index (χ0v) is 10.5. The first kappa shape index (κ1) is 12.6. The van der Waals surface area contributed by atoms with Crippen molar-refractivity contribution in [2.75, 3.05) is 13.2 Å². The Morgan fingerprint density at radius 2 is 1.83 bits per heavy atom. The van der Waals surface area contributed by atoms with Gasteiger partial charge in [0, 0.05) is 12.8 Å².